The van der Waals surface area contributed by atoms with E-state index in [-0.39, 0.29) is 24.4 Å². The lowest BCUT2D eigenvalue weighted by Gasteiger charge is -2.27. The molecule has 3 N–H and O–H groups in total. The molecule has 120 valence electrons. The maximum absolute atomic E-state index is 13.7. The van der Waals surface area contributed by atoms with E-state index in [4.69, 9.17) is 5.26 Å². The summed E-state index contributed by atoms with van der Waals surface area (Å²) in [5.74, 6) is -1.60. The number of carbonyl (C=O) groups excluding carboxylic acids is 1. The summed E-state index contributed by atoms with van der Waals surface area (Å²) in [5, 5.41) is 13.5. The molecule has 0 saturated heterocycles. The summed E-state index contributed by atoms with van der Waals surface area (Å²) in [6.45, 7) is 7.16. The summed E-state index contributed by atoms with van der Waals surface area (Å²) in [4.78, 5) is 11.9. The highest BCUT2D eigenvalue weighted by Gasteiger charge is 2.30. The zero-order chi connectivity index (χ0) is 16.9. The van der Waals surface area contributed by atoms with Gasteiger partial charge in [-0.1, -0.05) is 13.8 Å². The zero-order valence-electron chi connectivity index (χ0n) is 13.3. The first-order chi connectivity index (χ1) is 10.2. The summed E-state index contributed by atoms with van der Waals surface area (Å²) in [6, 6.07) is 5.15. The number of nitrogens with zero attached hydrogens (tertiary/aromatic N) is 1. The highest BCUT2D eigenvalue weighted by atomic mass is 19.1. The van der Waals surface area contributed by atoms with Crippen LogP contribution in [-0.4, -0.2) is 18.0 Å². The van der Waals surface area contributed by atoms with Crippen molar-refractivity contribution in [1.29, 1.82) is 5.26 Å². The molecule has 1 amide bonds. The lowest BCUT2D eigenvalue weighted by molar-refractivity contribution is -0.682. The molecular weight excluding hydrogens is 288 g/mol. The molecule has 6 heteroatoms. The first-order valence-electron chi connectivity index (χ1n) is 7.20. The summed E-state index contributed by atoms with van der Waals surface area (Å²) >= 11 is 0. The quantitative estimate of drug-likeness (QED) is 0.838. The topological polar surface area (TPSA) is 69.5 Å². The van der Waals surface area contributed by atoms with Crippen LogP contribution in [-0.2, 0) is 4.79 Å². The monoisotopic (exact) mass is 310 g/mol. The van der Waals surface area contributed by atoms with E-state index in [1.54, 1.807) is 19.2 Å². The first kappa shape index (κ1) is 18.1. The summed E-state index contributed by atoms with van der Waals surface area (Å²) in [5.41, 5.74) is -0.601. The van der Waals surface area contributed by atoms with E-state index in [9.17, 15) is 13.6 Å². The van der Waals surface area contributed by atoms with E-state index >= 15 is 0 Å². The number of rotatable bonds is 6. The molecule has 1 rings (SSSR count). The van der Waals surface area contributed by atoms with Gasteiger partial charge in [0.1, 0.15) is 23.2 Å². The molecule has 0 aliphatic heterocycles. The molecule has 0 bridgehead atoms. The van der Waals surface area contributed by atoms with Crippen molar-refractivity contribution in [2.45, 2.75) is 39.3 Å². The van der Waals surface area contributed by atoms with Gasteiger partial charge in [-0.25, -0.2) is 8.78 Å². The lowest BCUT2D eigenvalue weighted by atomic mass is 9.90. The fourth-order valence-corrected chi connectivity index (χ4v) is 1.92. The fraction of sp³-hybridized carbons (Fsp3) is 0.500. The van der Waals surface area contributed by atoms with Crippen LogP contribution in [0.1, 0.15) is 39.3 Å². The largest absolute Gasteiger partial charge is 0.333 e. The number of quaternary nitrogens is 1. The van der Waals surface area contributed by atoms with Gasteiger partial charge in [0, 0.05) is 11.6 Å². The Balaban J connectivity index is 2.62. The second kappa shape index (κ2) is 7.32. The third kappa shape index (κ3) is 4.50. The molecule has 0 heterocycles. The first-order valence-corrected chi connectivity index (χ1v) is 7.20. The molecule has 0 radical (unpaired) electrons. The number of amides is 1. The van der Waals surface area contributed by atoms with E-state index in [2.05, 4.69) is 11.4 Å². The van der Waals surface area contributed by atoms with Crippen molar-refractivity contribution in [3.05, 3.63) is 35.4 Å². The highest BCUT2D eigenvalue weighted by molar-refractivity contribution is 5.78. The number of halogens is 2. The minimum atomic E-state index is -0.935. The molecule has 2 atom stereocenters. The molecule has 0 fully saturated rings. The van der Waals surface area contributed by atoms with Crippen LogP contribution in [0.15, 0.2) is 18.2 Å². The predicted octanol–water partition coefficient (Wildman–Crippen LogP) is 1.64. The fourth-order valence-electron chi connectivity index (χ4n) is 1.92. The van der Waals surface area contributed by atoms with Gasteiger partial charge in [-0.15, -0.1) is 0 Å². The van der Waals surface area contributed by atoms with Gasteiger partial charge in [0.05, 0.1) is 6.07 Å². The van der Waals surface area contributed by atoms with Crippen LogP contribution in [0.3, 0.4) is 0 Å². The second-order valence-corrected chi connectivity index (χ2v) is 5.91. The number of hydrogen-bond donors (Lipinski definition) is 2. The Morgan fingerprint density at radius 3 is 2.55 bits per heavy atom. The Hall–Kier alpha value is -2.00. The van der Waals surface area contributed by atoms with Gasteiger partial charge in [-0.3, -0.25) is 4.79 Å². The maximum atomic E-state index is 13.7. The van der Waals surface area contributed by atoms with Crippen LogP contribution in [0.5, 0.6) is 0 Å². The Kier molecular flexibility index (Phi) is 6.01. The number of benzene rings is 1. The number of carbonyl (C=O) groups is 1. The van der Waals surface area contributed by atoms with Gasteiger partial charge in [-0.05, 0) is 31.9 Å². The SMILES string of the molecule is CC(C)[C@@](C)(C#N)NC(=O)C[NH2+][C@@H](C)c1ccc(F)cc1F. The molecule has 0 aromatic heterocycles. The van der Waals surface area contributed by atoms with Crippen molar-refractivity contribution in [1.82, 2.24) is 5.32 Å². The average molecular weight is 310 g/mol. The smallest absolute Gasteiger partial charge is 0.276 e. The Labute approximate surface area is 129 Å². The summed E-state index contributed by atoms with van der Waals surface area (Å²) in [6.07, 6.45) is 0. The molecule has 1 aromatic carbocycles. The Bertz CT molecular complexity index is 583. The minimum Gasteiger partial charge on any atom is -0.333 e. The van der Waals surface area contributed by atoms with Crippen molar-refractivity contribution in [3.8, 4) is 6.07 Å². The van der Waals surface area contributed by atoms with Gasteiger partial charge in [0.2, 0.25) is 0 Å². The van der Waals surface area contributed by atoms with E-state index in [0.717, 1.165) is 6.07 Å². The van der Waals surface area contributed by atoms with Gasteiger partial charge >= 0.3 is 0 Å². The van der Waals surface area contributed by atoms with E-state index < -0.39 is 17.2 Å². The van der Waals surface area contributed by atoms with Crippen molar-refractivity contribution in [3.63, 3.8) is 0 Å². The Morgan fingerprint density at radius 2 is 2.05 bits per heavy atom. The minimum absolute atomic E-state index is 0.0339. The highest BCUT2D eigenvalue weighted by Crippen LogP contribution is 2.15. The normalized spacial score (nSPS) is 15.0. The van der Waals surface area contributed by atoms with E-state index in [1.165, 1.54) is 12.1 Å². The number of nitrogens with two attached hydrogens (primary N) is 1. The molecule has 0 spiro atoms. The van der Waals surface area contributed by atoms with E-state index in [0.29, 0.717) is 5.56 Å². The molecule has 0 aliphatic carbocycles. The number of hydrogen-bond acceptors (Lipinski definition) is 2. The number of nitrogens with one attached hydrogen (secondary N) is 1. The second-order valence-electron chi connectivity index (χ2n) is 5.91. The summed E-state index contributed by atoms with van der Waals surface area (Å²) < 4.78 is 26.5. The van der Waals surface area contributed by atoms with Crippen LogP contribution in [0.25, 0.3) is 0 Å². The van der Waals surface area contributed by atoms with Gasteiger partial charge < -0.3 is 10.6 Å². The molecule has 1 aromatic rings. The van der Waals surface area contributed by atoms with Crippen LogP contribution in [0, 0.1) is 28.9 Å². The molecule has 22 heavy (non-hydrogen) atoms. The van der Waals surface area contributed by atoms with Crippen LogP contribution in [0.2, 0.25) is 0 Å². The lowest BCUT2D eigenvalue weighted by Crippen LogP contribution is -2.87. The maximum Gasteiger partial charge on any atom is 0.276 e. The third-order valence-electron chi connectivity index (χ3n) is 3.90. The Morgan fingerprint density at radius 1 is 1.41 bits per heavy atom. The standard InChI is InChI=1S/C16H21F2N3O/c1-10(2)16(4,9-19)21-15(22)8-20-11(3)13-6-5-12(17)7-14(13)18/h5-7,10-11,20H,8H2,1-4H3,(H,21,22)/p+1/t11-,16+/m0/s1. The van der Waals surface area contributed by atoms with Crippen molar-refractivity contribution in [2.75, 3.05) is 6.54 Å². The zero-order valence-corrected chi connectivity index (χ0v) is 13.3. The van der Waals surface area contributed by atoms with Gasteiger partial charge in [-0.2, -0.15) is 5.26 Å². The van der Waals surface area contributed by atoms with Gasteiger partial charge in [0.15, 0.2) is 6.54 Å². The van der Waals surface area contributed by atoms with Crippen molar-refractivity contribution in [2.24, 2.45) is 5.92 Å². The molecule has 0 saturated carbocycles. The van der Waals surface area contributed by atoms with Crippen molar-refractivity contribution >= 4 is 5.91 Å². The van der Waals surface area contributed by atoms with Crippen LogP contribution >= 0.6 is 0 Å². The van der Waals surface area contributed by atoms with Crippen molar-refractivity contribution < 1.29 is 18.9 Å². The summed E-state index contributed by atoms with van der Waals surface area (Å²) in [7, 11) is 0. The van der Waals surface area contributed by atoms with Crippen LogP contribution in [0.4, 0.5) is 8.78 Å². The number of nitriles is 1. The molecule has 4 nitrogen and oxygen atoms in total. The molecule has 0 unspecified atom stereocenters. The van der Waals surface area contributed by atoms with Gasteiger partial charge in [0.25, 0.3) is 5.91 Å². The van der Waals surface area contributed by atoms with Crippen LogP contribution < -0.4 is 10.6 Å². The molecular formula is C16H22F2N3O+. The molecule has 0 aliphatic rings. The third-order valence-corrected chi connectivity index (χ3v) is 3.90. The average Bonchev–Trinajstić information content (AvgIpc) is 2.44. The predicted molar refractivity (Wildman–Crippen MR) is 78.6 cm³/mol. The van der Waals surface area contributed by atoms with E-state index in [1.807, 2.05) is 13.8 Å².